The molecule has 0 aliphatic rings. The average molecular weight is 336 g/mol. The number of aliphatic imine (C=N–C) groups is 1. The fraction of sp³-hybridized carbons (Fsp3) is 0.529. The van der Waals surface area contributed by atoms with Gasteiger partial charge < -0.3 is 25.8 Å². The molecule has 0 atom stereocenters. The Hall–Kier alpha value is -2.28. The number of primary amides is 1. The molecule has 1 aromatic rings. The van der Waals surface area contributed by atoms with E-state index in [1.165, 1.54) is 0 Å². The van der Waals surface area contributed by atoms with Crippen molar-refractivity contribution in [1.29, 1.82) is 0 Å². The Morgan fingerprint density at radius 1 is 1.29 bits per heavy atom. The molecule has 1 amide bonds. The normalized spacial score (nSPS) is 11.2. The molecule has 0 bridgehead atoms. The zero-order chi connectivity index (χ0) is 17.6. The molecule has 0 unspecified atom stereocenters. The van der Waals surface area contributed by atoms with Crippen LogP contribution in [0.2, 0.25) is 0 Å². The van der Waals surface area contributed by atoms with Crippen LogP contribution in [-0.2, 0) is 16.1 Å². The summed E-state index contributed by atoms with van der Waals surface area (Å²) >= 11 is 0. The summed E-state index contributed by atoms with van der Waals surface area (Å²) in [6.45, 7) is 7.46. The number of hydrogen-bond donors (Lipinski definition) is 3. The van der Waals surface area contributed by atoms with E-state index in [0.29, 0.717) is 12.3 Å². The summed E-state index contributed by atoms with van der Waals surface area (Å²) in [5.41, 5.74) is 6.07. The van der Waals surface area contributed by atoms with Crippen molar-refractivity contribution in [2.24, 2.45) is 10.7 Å². The fourth-order valence-corrected chi connectivity index (χ4v) is 1.93. The van der Waals surface area contributed by atoms with Crippen LogP contribution < -0.4 is 21.1 Å². The highest BCUT2D eigenvalue weighted by Crippen LogP contribution is 2.13. The first kappa shape index (κ1) is 19.8. The minimum atomic E-state index is -0.496. The molecule has 0 fully saturated rings. The molecule has 7 nitrogen and oxygen atoms in total. The zero-order valence-corrected chi connectivity index (χ0v) is 14.5. The Morgan fingerprint density at radius 2 is 2.12 bits per heavy atom. The van der Waals surface area contributed by atoms with Crippen LogP contribution in [0.5, 0.6) is 5.75 Å². The summed E-state index contributed by atoms with van der Waals surface area (Å²) in [5.74, 6) is 0.873. The largest absolute Gasteiger partial charge is 0.484 e. The molecular weight excluding hydrogens is 308 g/mol. The SMILES string of the molecule is CCNC(=NCc1cccc(OCC(N)=O)c1)NCCCOCC. The van der Waals surface area contributed by atoms with E-state index >= 15 is 0 Å². The molecule has 0 aromatic heterocycles. The number of nitrogens with one attached hydrogen (secondary N) is 2. The topological polar surface area (TPSA) is 98.0 Å². The van der Waals surface area contributed by atoms with Crippen LogP contribution in [0.3, 0.4) is 0 Å². The third-order valence-electron chi connectivity index (χ3n) is 3.01. The first-order valence-electron chi connectivity index (χ1n) is 8.25. The highest BCUT2D eigenvalue weighted by molar-refractivity contribution is 5.79. The maximum absolute atomic E-state index is 10.8. The van der Waals surface area contributed by atoms with Crippen LogP contribution in [0.4, 0.5) is 0 Å². The standard InChI is InChI=1S/C17H28N4O3/c1-3-19-17(20-9-6-10-23-4-2)21-12-14-7-5-8-15(11-14)24-13-16(18)22/h5,7-8,11H,3-4,6,9-10,12-13H2,1-2H3,(H2,18,22)(H2,19,20,21). The molecule has 134 valence electrons. The number of amides is 1. The van der Waals surface area contributed by atoms with Crippen molar-refractivity contribution in [3.63, 3.8) is 0 Å². The summed E-state index contributed by atoms with van der Waals surface area (Å²) in [4.78, 5) is 15.3. The first-order valence-corrected chi connectivity index (χ1v) is 8.25. The van der Waals surface area contributed by atoms with E-state index < -0.39 is 5.91 Å². The highest BCUT2D eigenvalue weighted by atomic mass is 16.5. The first-order chi connectivity index (χ1) is 11.7. The lowest BCUT2D eigenvalue weighted by atomic mass is 10.2. The zero-order valence-electron chi connectivity index (χ0n) is 14.5. The summed E-state index contributed by atoms with van der Waals surface area (Å²) in [6.07, 6.45) is 0.925. The van der Waals surface area contributed by atoms with Crippen molar-refractivity contribution in [3.05, 3.63) is 29.8 Å². The summed E-state index contributed by atoms with van der Waals surface area (Å²) in [5, 5.41) is 6.48. The van der Waals surface area contributed by atoms with Crippen molar-refractivity contribution in [3.8, 4) is 5.75 Å². The second kappa shape index (κ2) is 12.2. The van der Waals surface area contributed by atoms with Gasteiger partial charge in [0.15, 0.2) is 12.6 Å². The Balaban J connectivity index is 2.52. The van der Waals surface area contributed by atoms with Gasteiger partial charge in [0.05, 0.1) is 6.54 Å². The summed E-state index contributed by atoms with van der Waals surface area (Å²) in [6, 6.07) is 7.46. The molecule has 0 aliphatic carbocycles. The van der Waals surface area contributed by atoms with Crippen LogP contribution in [0.15, 0.2) is 29.3 Å². The number of hydrogen-bond acceptors (Lipinski definition) is 4. The van der Waals surface area contributed by atoms with Crippen LogP contribution in [0.25, 0.3) is 0 Å². The highest BCUT2D eigenvalue weighted by Gasteiger charge is 2.01. The summed E-state index contributed by atoms with van der Waals surface area (Å²) in [7, 11) is 0. The molecule has 0 radical (unpaired) electrons. The number of nitrogens with two attached hydrogens (primary N) is 1. The van der Waals surface area contributed by atoms with Crippen LogP contribution in [0.1, 0.15) is 25.8 Å². The van der Waals surface area contributed by atoms with Crippen LogP contribution >= 0.6 is 0 Å². The fourth-order valence-electron chi connectivity index (χ4n) is 1.93. The molecule has 4 N–H and O–H groups in total. The second-order valence-electron chi connectivity index (χ2n) is 5.07. The monoisotopic (exact) mass is 336 g/mol. The third kappa shape index (κ3) is 8.99. The number of rotatable bonds is 11. The van der Waals surface area contributed by atoms with E-state index in [-0.39, 0.29) is 6.61 Å². The molecule has 0 saturated heterocycles. The van der Waals surface area contributed by atoms with E-state index in [0.717, 1.165) is 44.2 Å². The lowest BCUT2D eigenvalue weighted by Crippen LogP contribution is -2.38. The Bertz CT molecular complexity index is 520. The Kier molecular flexibility index (Phi) is 10.0. The van der Waals surface area contributed by atoms with Gasteiger partial charge in [-0.05, 0) is 38.0 Å². The van der Waals surface area contributed by atoms with Gasteiger partial charge in [0.2, 0.25) is 0 Å². The van der Waals surface area contributed by atoms with Crippen molar-refractivity contribution in [2.45, 2.75) is 26.8 Å². The molecular formula is C17H28N4O3. The lowest BCUT2D eigenvalue weighted by Gasteiger charge is -2.11. The molecule has 0 spiro atoms. The van der Waals surface area contributed by atoms with Gasteiger partial charge >= 0.3 is 0 Å². The number of nitrogens with zero attached hydrogens (tertiary/aromatic N) is 1. The maximum Gasteiger partial charge on any atom is 0.255 e. The minimum absolute atomic E-state index is 0.128. The van der Waals surface area contributed by atoms with Gasteiger partial charge in [0, 0.05) is 26.3 Å². The molecule has 7 heteroatoms. The number of ether oxygens (including phenoxy) is 2. The minimum Gasteiger partial charge on any atom is -0.484 e. The van der Waals surface area contributed by atoms with Gasteiger partial charge in [-0.25, -0.2) is 4.99 Å². The number of carbonyl (C=O) groups excluding carboxylic acids is 1. The molecule has 1 rings (SSSR count). The van der Waals surface area contributed by atoms with E-state index in [1.807, 2.05) is 32.0 Å². The maximum atomic E-state index is 10.8. The quantitative estimate of drug-likeness (QED) is 0.318. The van der Waals surface area contributed by atoms with Crippen LogP contribution in [-0.4, -0.2) is 44.8 Å². The van der Waals surface area contributed by atoms with Crippen molar-refractivity contribution in [1.82, 2.24) is 10.6 Å². The summed E-state index contributed by atoms with van der Waals surface area (Å²) < 4.78 is 10.6. The van der Waals surface area contributed by atoms with Gasteiger partial charge in [-0.1, -0.05) is 12.1 Å². The lowest BCUT2D eigenvalue weighted by molar-refractivity contribution is -0.119. The van der Waals surface area contributed by atoms with Gasteiger partial charge in [-0.2, -0.15) is 0 Å². The molecule has 0 saturated carbocycles. The molecule has 0 aliphatic heterocycles. The predicted octanol–water partition coefficient (Wildman–Crippen LogP) is 1.03. The van der Waals surface area contributed by atoms with Crippen molar-refractivity contribution >= 4 is 11.9 Å². The predicted molar refractivity (Wildman–Crippen MR) is 95.1 cm³/mol. The third-order valence-corrected chi connectivity index (χ3v) is 3.01. The molecule has 24 heavy (non-hydrogen) atoms. The average Bonchev–Trinajstić information content (AvgIpc) is 2.58. The van der Waals surface area contributed by atoms with Gasteiger partial charge in [0.25, 0.3) is 5.91 Å². The molecule has 1 aromatic carbocycles. The number of guanidine groups is 1. The van der Waals surface area contributed by atoms with Gasteiger partial charge in [-0.15, -0.1) is 0 Å². The van der Waals surface area contributed by atoms with Crippen LogP contribution in [0, 0.1) is 0 Å². The number of benzene rings is 1. The number of carbonyl (C=O) groups is 1. The van der Waals surface area contributed by atoms with Gasteiger partial charge in [-0.3, -0.25) is 4.79 Å². The van der Waals surface area contributed by atoms with Crippen molar-refractivity contribution in [2.75, 3.05) is 32.9 Å². The Labute approximate surface area is 143 Å². The second-order valence-corrected chi connectivity index (χ2v) is 5.07. The van der Waals surface area contributed by atoms with Gasteiger partial charge in [0.1, 0.15) is 5.75 Å². The Morgan fingerprint density at radius 3 is 2.83 bits per heavy atom. The molecule has 0 heterocycles. The van der Waals surface area contributed by atoms with E-state index in [4.69, 9.17) is 15.2 Å². The smallest absolute Gasteiger partial charge is 0.255 e. The van der Waals surface area contributed by atoms with Crippen molar-refractivity contribution < 1.29 is 14.3 Å². The van der Waals surface area contributed by atoms with E-state index in [1.54, 1.807) is 6.07 Å². The van der Waals surface area contributed by atoms with E-state index in [9.17, 15) is 4.79 Å². The van der Waals surface area contributed by atoms with E-state index in [2.05, 4.69) is 15.6 Å².